The van der Waals surface area contributed by atoms with Crippen molar-refractivity contribution in [1.82, 2.24) is 5.32 Å². The van der Waals surface area contributed by atoms with Gasteiger partial charge in [-0.15, -0.1) is 11.6 Å². The highest BCUT2D eigenvalue weighted by Gasteiger charge is 2.06. The van der Waals surface area contributed by atoms with E-state index >= 15 is 0 Å². The fraction of sp³-hybridized carbons (Fsp3) is 0.417. The number of halogens is 1. The smallest absolute Gasteiger partial charge is 0.235 e. The van der Waals surface area contributed by atoms with Gasteiger partial charge in [0.05, 0.1) is 7.11 Å². The predicted octanol–water partition coefficient (Wildman–Crippen LogP) is 1.98. The molecule has 0 aliphatic rings. The van der Waals surface area contributed by atoms with Gasteiger partial charge in [0.2, 0.25) is 5.91 Å². The predicted molar refractivity (Wildman–Crippen MR) is 65.0 cm³/mol. The maximum Gasteiger partial charge on any atom is 0.235 e. The Labute approximate surface area is 101 Å². The van der Waals surface area contributed by atoms with Crippen molar-refractivity contribution in [2.45, 2.75) is 19.4 Å². The molecule has 1 rings (SSSR count). The lowest BCUT2D eigenvalue weighted by Crippen LogP contribution is -2.34. The number of benzene rings is 1. The van der Waals surface area contributed by atoms with Crippen LogP contribution in [-0.4, -0.2) is 24.9 Å². The van der Waals surface area contributed by atoms with Crippen LogP contribution in [0.4, 0.5) is 0 Å². The summed E-state index contributed by atoms with van der Waals surface area (Å²) in [5.74, 6) is 0.705. The number of amides is 1. The van der Waals surface area contributed by atoms with Gasteiger partial charge < -0.3 is 10.1 Å². The Morgan fingerprint density at radius 3 is 2.56 bits per heavy atom. The van der Waals surface area contributed by atoms with Crippen molar-refractivity contribution >= 4 is 17.5 Å². The monoisotopic (exact) mass is 241 g/mol. The Balaban J connectivity index is 2.49. The van der Waals surface area contributed by atoms with Gasteiger partial charge in [0.25, 0.3) is 0 Å². The van der Waals surface area contributed by atoms with Crippen molar-refractivity contribution in [3.05, 3.63) is 29.8 Å². The van der Waals surface area contributed by atoms with Crippen LogP contribution in [-0.2, 0) is 11.2 Å². The maximum absolute atomic E-state index is 11.0. The largest absolute Gasteiger partial charge is 0.497 e. The second-order valence-electron chi connectivity index (χ2n) is 3.65. The molecule has 0 radical (unpaired) electrons. The van der Waals surface area contributed by atoms with Crippen LogP contribution in [0.5, 0.6) is 5.75 Å². The van der Waals surface area contributed by atoms with Gasteiger partial charge in [-0.3, -0.25) is 4.79 Å². The third kappa shape index (κ3) is 4.11. The van der Waals surface area contributed by atoms with Gasteiger partial charge in [-0.25, -0.2) is 0 Å². The van der Waals surface area contributed by atoms with E-state index in [-0.39, 0.29) is 17.8 Å². The summed E-state index contributed by atoms with van der Waals surface area (Å²) in [6, 6.07) is 7.88. The highest BCUT2D eigenvalue weighted by atomic mass is 35.5. The number of hydrogen-bond donors (Lipinski definition) is 1. The molecule has 0 bridgehead atoms. The second kappa shape index (κ2) is 6.38. The molecule has 4 heteroatoms. The number of carbonyl (C=O) groups is 1. The summed E-state index contributed by atoms with van der Waals surface area (Å²) in [4.78, 5) is 11.0. The quantitative estimate of drug-likeness (QED) is 0.801. The van der Waals surface area contributed by atoms with E-state index in [9.17, 15) is 4.79 Å². The van der Waals surface area contributed by atoms with E-state index in [0.29, 0.717) is 0 Å². The van der Waals surface area contributed by atoms with E-state index in [1.165, 1.54) is 0 Å². The minimum Gasteiger partial charge on any atom is -0.497 e. The van der Waals surface area contributed by atoms with Crippen molar-refractivity contribution < 1.29 is 9.53 Å². The Bertz CT molecular complexity index is 337. The number of alkyl halides is 1. The van der Waals surface area contributed by atoms with Crippen molar-refractivity contribution in [3.63, 3.8) is 0 Å². The lowest BCUT2D eigenvalue weighted by Gasteiger charge is -2.13. The lowest BCUT2D eigenvalue weighted by molar-refractivity contribution is -0.119. The van der Waals surface area contributed by atoms with Gasteiger partial charge in [-0.1, -0.05) is 12.1 Å². The summed E-state index contributed by atoms with van der Waals surface area (Å²) < 4.78 is 5.07. The molecule has 16 heavy (non-hydrogen) atoms. The van der Waals surface area contributed by atoms with Crippen LogP contribution in [0.25, 0.3) is 0 Å². The van der Waals surface area contributed by atoms with Crippen molar-refractivity contribution in [1.29, 1.82) is 0 Å². The molecule has 1 aromatic carbocycles. The summed E-state index contributed by atoms with van der Waals surface area (Å²) in [6.45, 7) is 1.95. The zero-order chi connectivity index (χ0) is 12.0. The van der Waals surface area contributed by atoms with Gasteiger partial charge in [0, 0.05) is 6.04 Å². The van der Waals surface area contributed by atoms with Crippen LogP contribution in [0.1, 0.15) is 12.5 Å². The number of hydrogen-bond acceptors (Lipinski definition) is 2. The molecule has 88 valence electrons. The second-order valence-corrected chi connectivity index (χ2v) is 3.92. The SMILES string of the molecule is COc1ccc(CC(C)NC(=O)CCl)cc1. The summed E-state index contributed by atoms with van der Waals surface area (Å²) >= 11 is 5.41. The Morgan fingerprint density at radius 2 is 2.06 bits per heavy atom. The van der Waals surface area contributed by atoms with E-state index in [0.717, 1.165) is 17.7 Å². The number of rotatable bonds is 5. The standard InChI is InChI=1S/C12H16ClNO2/c1-9(14-12(15)8-13)7-10-3-5-11(16-2)6-4-10/h3-6,9H,7-8H2,1-2H3,(H,14,15). The van der Waals surface area contributed by atoms with Gasteiger partial charge in [-0.2, -0.15) is 0 Å². The van der Waals surface area contributed by atoms with E-state index in [4.69, 9.17) is 16.3 Å². The van der Waals surface area contributed by atoms with Crippen LogP contribution in [0, 0.1) is 0 Å². The average Bonchev–Trinajstić information content (AvgIpc) is 2.29. The van der Waals surface area contributed by atoms with Crippen LogP contribution in [0.3, 0.4) is 0 Å². The molecule has 3 nitrogen and oxygen atoms in total. The molecule has 0 heterocycles. The Morgan fingerprint density at radius 1 is 1.44 bits per heavy atom. The van der Waals surface area contributed by atoms with Crippen LogP contribution in [0.2, 0.25) is 0 Å². The highest BCUT2D eigenvalue weighted by Crippen LogP contribution is 2.12. The average molecular weight is 242 g/mol. The third-order valence-corrected chi connectivity index (χ3v) is 2.47. The van der Waals surface area contributed by atoms with Crippen molar-refractivity contribution in [3.8, 4) is 5.75 Å². The fourth-order valence-corrected chi connectivity index (χ4v) is 1.56. The Kier molecular flexibility index (Phi) is 5.12. The summed E-state index contributed by atoms with van der Waals surface area (Å²) in [6.07, 6.45) is 0.784. The molecular weight excluding hydrogens is 226 g/mol. The van der Waals surface area contributed by atoms with Crippen LogP contribution in [0.15, 0.2) is 24.3 Å². The molecule has 0 saturated heterocycles. The molecule has 1 amide bonds. The molecule has 0 aromatic heterocycles. The molecule has 0 spiro atoms. The zero-order valence-electron chi connectivity index (χ0n) is 9.50. The molecule has 0 aliphatic carbocycles. The van der Waals surface area contributed by atoms with Gasteiger partial charge in [0.15, 0.2) is 0 Å². The molecule has 1 unspecified atom stereocenters. The highest BCUT2D eigenvalue weighted by molar-refractivity contribution is 6.27. The lowest BCUT2D eigenvalue weighted by atomic mass is 10.1. The topological polar surface area (TPSA) is 38.3 Å². The number of ether oxygens (including phenoxy) is 1. The number of methoxy groups -OCH3 is 1. The fourth-order valence-electron chi connectivity index (χ4n) is 1.48. The van der Waals surface area contributed by atoms with E-state index in [1.807, 2.05) is 31.2 Å². The van der Waals surface area contributed by atoms with E-state index in [2.05, 4.69) is 5.32 Å². The first-order valence-electron chi connectivity index (χ1n) is 5.14. The number of carbonyl (C=O) groups excluding carboxylic acids is 1. The molecule has 1 atom stereocenters. The van der Waals surface area contributed by atoms with Crippen LogP contribution >= 0.6 is 11.6 Å². The third-order valence-electron chi connectivity index (χ3n) is 2.23. The zero-order valence-corrected chi connectivity index (χ0v) is 10.3. The van der Waals surface area contributed by atoms with Gasteiger partial charge in [-0.05, 0) is 31.0 Å². The van der Waals surface area contributed by atoms with Crippen LogP contribution < -0.4 is 10.1 Å². The van der Waals surface area contributed by atoms with E-state index in [1.54, 1.807) is 7.11 Å². The van der Waals surface area contributed by atoms with Crippen molar-refractivity contribution in [2.75, 3.05) is 13.0 Å². The molecule has 0 fully saturated rings. The summed E-state index contributed by atoms with van der Waals surface area (Å²) in [5.41, 5.74) is 1.16. The summed E-state index contributed by atoms with van der Waals surface area (Å²) in [5, 5.41) is 2.80. The number of nitrogens with one attached hydrogen (secondary N) is 1. The van der Waals surface area contributed by atoms with Crippen molar-refractivity contribution in [2.24, 2.45) is 0 Å². The van der Waals surface area contributed by atoms with E-state index < -0.39 is 0 Å². The molecule has 0 saturated carbocycles. The molecule has 0 aliphatic heterocycles. The normalized spacial score (nSPS) is 11.9. The maximum atomic E-state index is 11.0. The Hall–Kier alpha value is -1.22. The van der Waals surface area contributed by atoms with Gasteiger partial charge in [0.1, 0.15) is 11.6 Å². The first kappa shape index (κ1) is 12.8. The van der Waals surface area contributed by atoms with Gasteiger partial charge >= 0.3 is 0 Å². The first-order valence-corrected chi connectivity index (χ1v) is 5.67. The first-order chi connectivity index (χ1) is 7.65. The minimum absolute atomic E-state index is 0.00690. The minimum atomic E-state index is -0.136. The summed E-state index contributed by atoms with van der Waals surface area (Å²) in [7, 11) is 1.64. The molecule has 1 aromatic rings. The molecule has 1 N–H and O–H groups in total. The molecular formula is C12H16ClNO2.